The van der Waals surface area contributed by atoms with Gasteiger partial charge >= 0.3 is 0 Å². The molecule has 0 saturated heterocycles. The number of rotatable bonds is 4. The first-order chi connectivity index (χ1) is 11.6. The molecule has 0 spiro atoms. The van der Waals surface area contributed by atoms with Gasteiger partial charge in [-0.1, -0.05) is 20.8 Å². The van der Waals surface area contributed by atoms with Crippen molar-refractivity contribution in [2.45, 2.75) is 39.0 Å². The fourth-order valence-corrected chi connectivity index (χ4v) is 3.06. The molecule has 0 saturated carbocycles. The first kappa shape index (κ1) is 14.8. The topological polar surface area (TPSA) is 60.4 Å². The molecule has 1 atom stereocenters. The third-order valence-corrected chi connectivity index (χ3v) is 4.36. The summed E-state index contributed by atoms with van der Waals surface area (Å²) in [5.74, 6) is 0.670. The van der Waals surface area contributed by atoms with Crippen molar-refractivity contribution in [3.05, 3.63) is 60.2 Å². The summed E-state index contributed by atoms with van der Waals surface area (Å²) in [5, 5.41) is 8.93. The normalized spacial score (nSPS) is 13.2. The average Bonchev–Trinajstić information content (AvgIpc) is 3.19. The van der Waals surface area contributed by atoms with E-state index < -0.39 is 0 Å². The predicted octanol–water partition coefficient (Wildman–Crippen LogP) is 3.24. The molecule has 4 aromatic rings. The van der Waals surface area contributed by atoms with Gasteiger partial charge in [-0.05, 0) is 30.5 Å². The van der Waals surface area contributed by atoms with Gasteiger partial charge in [0.25, 0.3) is 0 Å². The van der Waals surface area contributed by atoms with Gasteiger partial charge in [0.15, 0.2) is 0 Å². The quantitative estimate of drug-likeness (QED) is 0.579. The minimum atomic E-state index is 0.257. The third kappa shape index (κ3) is 2.54. The van der Waals surface area contributed by atoms with Crippen molar-refractivity contribution in [2.24, 2.45) is 0 Å². The molecular weight excluding hydrogens is 300 g/mol. The van der Waals surface area contributed by atoms with Crippen LogP contribution < -0.4 is 0 Å². The maximum Gasteiger partial charge on any atom is 0.117 e. The van der Waals surface area contributed by atoms with Crippen molar-refractivity contribution in [3.63, 3.8) is 0 Å². The fraction of sp³-hybridized carbons (Fsp3) is 0.333. The van der Waals surface area contributed by atoms with Crippen molar-refractivity contribution in [1.82, 2.24) is 29.2 Å². The highest BCUT2D eigenvalue weighted by Gasteiger charge is 2.15. The first-order valence-electron chi connectivity index (χ1n) is 8.24. The van der Waals surface area contributed by atoms with Gasteiger partial charge in [-0.2, -0.15) is 10.2 Å². The molecule has 4 rings (SSSR count). The monoisotopic (exact) mass is 320 g/mol. The third-order valence-electron chi connectivity index (χ3n) is 4.36. The molecule has 0 N–H and O–H groups in total. The summed E-state index contributed by atoms with van der Waals surface area (Å²) in [6, 6.07) is 6.25. The highest BCUT2D eigenvalue weighted by molar-refractivity contribution is 5.52. The molecule has 0 aliphatic rings. The van der Waals surface area contributed by atoms with Gasteiger partial charge in [0.05, 0.1) is 28.6 Å². The second kappa shape index (κ2) is 5.70. The van der Waals surface area contributed by atoms with E-state index in [0.717, 1.165) is 34.5 Å². The summed E-state index contributed by atoms with van der Waals surface area (Å²) in [5.41, 5.74) is 5.33. The number of hydrogen-bond acceptors (Lipinski definition) is 4. The second-order valence-electron chi connectivity index (χ2n) is 6.55. The largest absolute Gasteiger partial charge is 0.257 e. The van der Waals surface area contributed by atoms with Crippen LogP contribution in [0.25, 0.3) is 11.0 Å². The number of aromatic nitrogens is 6. The Morgan fingerprint density at radius 1 is 1.04 bits per heavy atom. The molecule has 1 unspecified atom stereocenters. The zero-order valence-corrected chi connectivity index (χ0v) is 14.1. The van der Waals surface area contributed by atoms with Crippen molar-refractivity contribution >= 4 is 11.0 Å². The lowest BCUT2D eigenvalue weighted by molar-refractivity contribution is 0.702. The summed E-state index contributed by atoms with van der Waals surface area (Å²) in [7, 11) is 0. The van der Waals surface area contributed by atoms with Gasteiger partial charge < -0.3 is 0 Å². The molecule has 0 aliphatic carbocycles. The van der Waals surface area contributed by atoms with Crippen LogP contribution in [-0.2, 0) is 6.42 Å². The lowest BCUT2D eigenvalue weighted by Gasteiger charge is -2.10. The smallest absolute Gasteiger partial charge is 0.117 e. The maximum atomic E-state index is 4.65. The molecule has 6 heteroatoms. The number of fused-ring (bicyclic) bond motifs is 2. The van der Waals surface area contributed by atoms with Crippen LogP contribution >= 0.6 is 0 Å². The van der Waals surface area contributed by atoms with E-state index in [4.69, 9.17) is 0 Å². The molecule has 4 heterocycles. The Morgan fingerprint density at radius 2 is 1.92 bits per heavy atom. The van der Waals surface area contributed by atoms with E-state index in [9.17, 15) is 0 Å². The summed E-state index contributed by atoms with van der Waals surface area (Å²) in [6.07, 6.45) is 8.10. The van der Waals surface area contributed by atoms with Crippen LogP contribution in [0.5, 0.6) is 0 Å². The maximum absolute atomic E-state index is 4.65. The minimum Gasteiger partial charge on any atom is -0.257 e. The number of nitrogens with zero attached hydrogens (tertiary/aromatic N) is 6. The number of hydrogen-bond donors (Lipinski definition) is 0. The SMILES string of the molecule is CC(C)c1cc2cc(CC(C)c3nccn4nccc34)nn2cn1. The van der Waals surface area contributed by atoms with Crippen LogP contribution in [0.15, 0.2) is 43.1 Å². The van der Waals surface area contributed by atoms with Gasteiger partial charge in [-0.3, -0.25) is 4.98 Å². The van der Waals surface area contributed by atoms with Crippen LogP contribution in [0.4, 0.5) is 0 Å². The van der Waals surface area contributed by atoms with Crippen LogP contribution in [0, 0.1) is 0 Å². The Hall–Kier alpha value is -2.76. The summed E-state index contributed by atoms with van der Waals surface area (Å²) in [6.45, 7) is 6.48. The molecule has 24 heavy (non-hydrogen) atoms. The Bertz CT molecular complexity index is 997. The lowest BCUT2D eigenvalue weighted by Crippen LogP contribution is -2.04. The van der Waals surface area contributed by atoms with Crippen molar-refractivity contribution in [3.8, 4) is 0 Å². The Morgan fingerprint density at radius 3 is 2.75 bits per heavy atom. The van der Waals surface area contributed by atoms with E-state index in [0.29, 0.717) is 5.92 Å². The van der Waals surface area contributed by atoms with E-state index in [2.05, 4.69) is 53.1 Å². The molecule has 0 aliphatic heterocycles. The van der Waals surface area contributed by atoms with Crippen LogP contribution in [0.1, 0.15) is 49.7 Å². The molecule has 0 radical (unpaired) electrons. The summed E-state index contributed by atoms with van der Waals surface area (Å²) in [4.78, 5) is 9.03. The Labute approximate surface area is 140 Å². The minimum absolute atomic E-state index is 0.257. The van der Waals surface area contributed by atoms with Crippen LogP contribution in [0.2, 0.25) is 0 Å². The van der Waals surface area contributed by atoms with E-state index in [1.807, 2.05) is 21.3 Å². The highest BCUT2D eigenvalue weighted by Crippen LogP contribution is 2.23. The van der Waals surface area contributed by atoms with Gasteiger partial charge in [-0.15, -0.1) is 0 Å². The Balaban J connectivity index is 1.65. The standard InChI is InChI=1S/C18H20N6/c1-12(2)16-10-15-9-14(22-24(15)11-20-16)8-13(3)18-17-4-5-21-23(17)7-6-19-18/h4-7,9-13H,8H2,1-3H3. The molecule has 0 bridgehead atoms. The molecule has 0 amide bonds. The predicted molar refractivity (Wildman–Crippen MR) is 92.2 cm³/mol. The van der Waals surface area contributed by atoms with Crippen molar-refractivity contribution < 1.29 is 0 Å². The van der Waals surface area contributed by atoms with E-state index in [1.165, 1.54) is 0 Å². The lowest BCUT2D eigenvalue weighted by atomic mass is 10.0. The zero-order valence-electron chi connectivity index (χ0n) is 14.1. The first-order valence-corrected chi connectivity index (χ1v) is 8.24. The van der Waals surface area contributed by atoms with E-state index >= 15 is 0 Å². The molecular formula is C18H20N6. The van der Waals surface area contributed by atoms with Crippen molar-refractivity contribution in [1.29, 1.82) is 0 Å². The Kier molecular flexibility index (Phi) is 3.52. The highest BCUT2D eigenvalue weighted by atomic mass is 15.2. The van der Waals surface area contributed by atoms with Crippen LogP contribution in [-0.4, -0.2) is 29.2 Å². The second-order valence-corrected chi connectivity index (χ2v) is 6.55. The fourth-order valence-electron chi connectivity index (χ4n) is 3.06. The van der Waals surface area contributed by atoms with Crippen LogP contribution in [0.3, 0.4) is 0 Å². The van der Waals surface area contributed by atoms with Crippen molar-refractivity contribution in [2.75, 3.05) is 0 Å². The van der Waals surface area contributed by atoms with E-state index in [-0.39, 0.29) is 5.92 Å². The van der Waals surface area contributed by atoms with E-state index in [1.54, 1.807) is 18.7 Å². The molecule has 6 nitrogen and oxygen atoms in total. The summed E-state index contributed by atoms with van der Waals surface area (Å²) >= 11 is 0. The zero-order chi connectivity index (χ0) is 16.7. The summed E-state index contributed by atoms with van der Waals surface area (Å²) < 4.78 is 3.71. The van der Waals surface area contributed by atoms with Gasteiger partial charge in [-0.25, -0.2) is 14.0 Å². The molecule has 0 aromatic carbocycles. The average molecular weight is 320 g/mol. The van der Waals surface area contributed by atoms with Gasteiger partial charge in [0, 0.05) is 24.0 Å². The molecule has 0 fully saturated rings. The van der Waals surface area contributed by atoms with Gasteiger partial charge in [0.2, 0.25) is 0 Å². The molecule has 122 valence electrons. The van der Waals surface area contributed by atoms with Gasteiger partial charge in [0.1, 0.15) is 6.33 Å². The molecule has 4 aromatic heterocycles.